The number of rotatable bonds is 6. The van der Waals surface area contributed by atoms with Crippen LogP contribution in [-0.4, -0.2) is 29.0 Å². The quantitative estimate of drug-likeness (QED) is 0.550. The molecule has 0 aliphatic carbocycles. The molecule has 0 rings (SSSR count). The Morgan fingerprint density at radius 1 is 1.08 bits per heavy atom. The van der Waals surface area contributed by atoms with Crippen LogP contribution in [0.2, 0.25) is 0 Å². The van der Waals surface area contributed by atoms with Gasteiger partial charge in [-0.15, -0.1) is 0 Å². The van der Waals surface area contributed by atoms with E-state index in [-0.39, 0.29) is 12.2 Å². The topological polar surface area (TPSA) is 66.5 Å². The van der Waals surface area contributed by atoms with Gasteiger partial charge in [0.05, 0.1) is 12.2 Å². The molecule has 0 aromatic heterocycles. The Bertz CT molecular complexity index is 94.7. The number of aliphatic hydroxyl groups is 2. The van der Waals surface area contributed by atoms with Crippen molar-refractivity contribution in [2.75, 3.05) is 6.54 Å². The van der Waals surface area contributed by atoms with E-state index in [9.17, 15) is 0 Å². The molecule has 0 aromatic rings. The van der Waals surface area contributed by atoms with Crippen molar-refractivity contribution in [3.63, 3.8) is 0 Å². The highest BCUT2D eigenvalue weighted by Crippen LogP contribution is 2.16. The molecular formula is C9H21NO2. The second-order valence-electron chi connectivity index (χ2n) is 3.61. The Morgan fingerprint density at radius 3 is 1.75 bits per heavy atom. The molecule has 0 radical (unpaired) electrons. The molecule has 0 bridgehead atoms. The molecule has 2 atom stereocenters. The predicted molar refractivity (Wildman–Crippen MR) is 49.8 cm³/mol. The number of hydrogen-bond donors (Lipinski definition) is 3. The van der Waals surface area contributed by atoms with Crippen molar-refractivity contribution in [2.24, 2.45) is 11.7 Å². The maximum absolute atomic E-state index is 9.14. The van der Waals surface area contributed by atoms with Crippen molar-refractivity contribution in [3.05, 3.63) is 0 Å². The monoisotopic (exact) mass is 175 g/mol. The Hall–Kier alpha value is -0.120. The molecule has 2 unspecified atom stereocenters. The van der Waals surface area contributed by atoms with Gasteiger partial charge in [0, 0.05) is 0 Å². The van der Waals surface area contributed by atoms with Crippen LogP contribution in [0.4, 0.5) is 0 Å². The van der Waals surface area contributed by atoms with Crippen LogP contribution in [0.1, 0.15) is 33.1 Å². The van der Waals surface area contributed by atoms with Gasteiger partial charge < -0.3 is 15.9 Å². The van der Waals surface area contributed by atoms with Crippen molar-refractivity contribution in [3.8, 4) is 0 Å². The van der Waals surface area contributed by atoms with E-state index >= 15 is 0 Å². The molecule has 12 heavy (non-hydrogen) atoms. The fraction of sp³-hybridized carbons (Fsp3) is 1.00. The summed E-state index contributed by atoms with van der Waals surface area (Å²) in [5.74, 6) is 0.356. The predicted octanol–water partition coefficient (Wildman–Crippen LogP) is 0.493. The molecule has 0 saturated heterocycles. The van der Waals surface area contributed by atoms with Gasteiger partial charge in [0.15, 0.2) is 0 Å². The van der Waals surface area contributed by atoms with Crippen molar-refractivity contribution in [2.45, 2.75) is 45.3 Å². The number of hydrogen-bond acceptors (Lipinski definition) is 3. The smallest absolute Gasteiger partial charge is 0.0514 e. The highest BCUT2D eigenvalue weighted by atomic mass is 16.3. The highest BCUT2D eigenvalue weighted by molar-refractivity contribution is 4.65. The van der Waals surface area contributed by atoms with Gasteiger partial charge in [-0.2, -0.15) is 0 Å². The summed E-state index contributed by atoms with van der Waals surface area (Å²) in [7, 11) is 0. The average Bonchev–Trinajstić information content (AvgIpc) is 1.84. The van der Waals surface area contributed by atoms with Crippen molar-refractivity contribution in [1.82, 2.24) is 0 Å². The third-order valence-electron chi connectivity index (χ3n) is 1.92. The Balaban J connectivity index is 3.69. The molecule has 0 saturated carbocycles. The van der Waals surface area contributed by atoms with Gasteiger partial charge >= 0.3 is 0 Å². The van der Waals surface area contributed by atoms with Crippen LogP contribution < -0.4 is 5.73 Å². The van der Waals surface area contributed by atoms with Gasteiger partial charge in [0.2, 0.25) is 0 Å². The molecule has 0 aromatic carbocycles. The van der Waals surface area contributed by atoms with Gasteiger partial charge in [-0.1, -0.05) is 0 Å². The van der Waals surface area contributed by atoms with Gasteiger partial charge in [-0.3, -0.25) is 0 Å². The molecule has 4 N–H and O–H groups in total. The molecule has 0 heterocycles. The molecule has 0 fully saturated rings. The SMILES string of the molecule is CC(O)CC(CCN)CC(C)O. The third kappa shape index (κ3) is 6.58. The fourth-order valence-corrected chi connectivity index (χ4v) is 1.53. The van der Waals surface area contributed by atoms with Gasteiger partial charge in [0.25, 0.3) is 0 Å². The average molecular weight is 175 g/mol. The van der Waals surface area contributed by atoms with Gasteiger partial charge in [-0.05, 0) is 45.6 Å². The van der Waals surface area contributed by atoms with E-state index in [1.165, 1.54) is 0 Å². The van der Waals surface area contributed by atoms with Gasteiger partial charge in [-0.25, -0.2) is 0 Å². The molecule has 3 nitrogen and oxygen atoms in total. The summed E-state index contributed by atoms with van der Waals surface area (Å²) >= 11 is 0. The number of aliphatic hydroxyl groups excluding tert-OH is 2. The van der Waals surface area contributed by atoms with Crippen LogP contribution in [0.3, 0.4) is 0 Å². The number of nitrogens with two attached hydrogens (primary N) is 1. The van der Waals surface area contributed by atoms with Crippen molar-refractivity contribution < 1.29 is 10.2 Å². The Kier molecular flexibility index (Phi) is 6.34. The van der Waals surface area contributed by atoms with E-state index in [0.29, 0.717) is 12.5 Å². The summed E-state index contributed by atoms with van der Waals surface area (Å²) in [5, 5.41) is 18.3. The molecular weight excluding hydrogens is 154 g/mol. The summed E-state index contributed by atoms with van der Waals surface area (Å²) in [4.78, 5) is 0. The van der Waals surface area contributed by atoms with E-state index in [4.69, 9.17) is 15.9 Å². The molecule has 0 aliphatic heterocycles. The van der Waals surface area contributed by atoms with Crippen molar-refractivity contribution in [1.29, 1.82) is 0 Å². The first-order valence-corrected chi connectivity index (χ1v) is 4.62. The fourth-order valence-electron chi connectivity index (χ4n) is 1.53. The molecule has 74 valence electrons. The lowest BCUT2D eigenvalue weighted by Crippen LogP contribution is -2.18. The van der Waals surface area contributed by atoms with Crippen LogP contribution in [0.15, 0.2) is 0 Å². The summed E-state index contributed by atoms with van der Waals surface area (Å²) < 4.78 is 0. The standard InChI is InChI=1S/C9H21NO2/c1-7(11)5-9(3-4-10)6-8(2)12/h7-9,11-12H,3-6,10H2,1-2H3. The summed E-state index contributed by atoms with van der Waals surface area (Å²) in [6.07, 6.45) is 1.78. The van der Waals surface area contributed by atoms with E-state index in [2.05, 4.69) is 0 Å². The van der Waals surface area contributed by atoms with E-state index in [0.717, 1.165) is 19.3 Å². The zero-order valence-electron chi connectivity index (χ0n) is 8.03. The maximum Gasteiger partial charge on any atom is 0.0514 e. The molecule has 0 aliphatic rings. The van der Waals surface area contributed by atoms with Crippen molar-refractivity contribution >= 4 is 0 Å². The summed E-state index contributed by atoms with van der Waals surface area (Å²) in [5.41, 5.74) is 5.42. The highest BCUT2D eigenvalue weighted by Gasteiger charge is 2.13. The van der Waals surface area contributed by atoms with Gasteiger partial charge in [0.1, 0.15) is 0 Å². The van der Waals surface area contributed by atoms with Crippen LogP contribution in [0.25, 0.3) is 0 Å². The lowest BCUT2D eigenvalue weighted by molar-refractivity contribution is 0.117. The van der Waals surface area contributed by atoms with E-state index < -0.39 is 0 Å². The summed E-state index contributed by atoms with van der Waals surface area (Å²) in [6, 6.07) is 0. The maximum atomic E-state index is 9.14. The first-order chi connectivity index (χ1) is 5.56. The largest absolute Gasteiger partial charge is 0.393 e. The Morgan fingerprint density at radius 2 is 1.50 bits per heavy atom. The third-order valence-corrected chi connectivity index (χ3v) is 1.92. The lowest BCUT2D eigenvalue weighted by Gasteiger charge is -2.18. The Labute approximate surface area is 74.6 Å². The molecule has 0 amide bonds. The first kappa shape index (κ1) is 11.9. The van der Waals surface area contributed by atoms with Crippen LogP contribution in [0, 0.1) is 5.92 Å². The molecule has 0 spiro atoms. The second kappa shape index (κ2) is 6.40. The first-order valence-electron chi connectivity index (χ1n) is 4.62. The van der Waals surface area contributed by atoms with E-state index in [1.54, 1.807) is 13.8 Å². The van der Waals surface area contributed by atoms with Crippen LogP contribution in [-0.2, 0) is 0 Å². The minimum Gasteiger partial charge on any atom is -0.393 e. The van der Waals surface area contributed by atoms with E-state index in [1.807, 2.05) is 0 Å². The minimum absolute atomic E-state index is 0.291. The van der Waals surface area contributed by atoms with Crippen LogP contribution in [0.5, 0.6) is 0 Å². The zero-order valence-corrected chi connectivity index (χ0v) is 8.03. The lowest BCUT2D eigenvalue weighted by atomic mass is 9.93. The summed E-state index contributed by atoms with van der Waals surface area (Å²) in [6.45, 7) is 4.17. The van der Waals surface area contributed by atoms with Crippen LogP contribution >= 0.6 is 0 Å². The molecule has 3 heteroatoms. The normalized spacial score (nSPS) is 18.8. The second-order valence-corrected chi connectivity index (χ2v) is 3.61. The minimum atomic E-state index is -0.291. The zero-order chi connectivity index (χ0) is 9.56.